The summed E-state index contributed by atoms with van der Waals surface area (Å²) in [4.78, 5) is 5.24. The number of hydrogen-bond acceptors (Lipinski definition) is 7. The molecular formula is C19H17F3N4O3. The van der Waals surface area contributed by atoms with Gasteiger partial charge in [0.05, 0.1) is 11.3 Å². The second-order valence-electron chi connectivity index (χ2n) is 5.99. The van der Waals surface area contributed by atoms with Gasteiger partial charge in [0, 0.05) is 0 Å². The molecular weight excluding hydrogens is 389 g/mol. The second kappa shape index (κ2) is 8.63. The van der Waals surface area contributed by atoms with Crippen molar-refractivity contribution in [3.8, 4) is 5.75 Å². The van der Waals surface area contributed by atoms with Crippen LogP contribution in [0.3, 0.4) is 0 Å². The number of alkyl halides is 3. The lowest BCUT2D eigenvalue weighted by Crippen LogP contribution is -2.04. The molecule has 0 amide bonds. The van der Waals surface area contributed by atoms with Crippen LogP contribution in [-0.4, -0.2) is 15.9 Å². The van der Waals surface area contributed by atoms with Crippen LogP contribution in [0.25, 0.3) is 0 Å². The Hall–Kier alpha value is -3.56. The summed E-state index contributed by atoms with van der Waals surface area (Å²) in [5.74, 6) is 0.852. The van der Waals surface area contributed by atoms with E-state index in [4.69, 9.17) is 19.7 Å². The molecule has 3 aromatic rings. The summed E-state index contributed by atoms with van der Waals surface area (Å²) < 4.78 is 48.2. The number of aromatic nitrogens is 2. The first-order valence-corrected chi connectivity index (χ1v) is 8.45. The van der Waals surface area contributed by atoms with Gasteiger partial charge in [-0.3, -0.25) is 0 Å². The number of oxime groups is 1. The Kier molecular flexibility index (Phi) is 6.01. The van der Waals surface area contributed by atoms with Crippen molar-refractivity contribution in [2.24, 2.45) is 5.16 Å². The molecule has 29 heavy (non-hydrogen) atoms. The van der Waals surface area contributed by atoms with Crippen molar-refractivity contribution in [2.75, 3.05) is 5.73 Å². The van der Waals surface area contributed by atoms with Crippen molar-refractivity contribution < 1.29 is 27.2 Å². The highest BCUT2D eigenvalue weighted by Gasteiger charge is 2.29. The van der Waals surface area contributed by atoms with Crippen molar-refractivity contribution >= 4 is 11.7 Å². The zero-order valence-electron chi connectivity index (χ0n) is 15.3. The lowest BCUT2D eigenvalue weighted by Gasteiger charge is -2.08. The first-order chi connectivity index (χ1) is 13.8. The number of rotatable bonds is 7. The molecule has 0 bridgehead atoms. The van der Waals surface area contributed by atoms with Crippen LogP contribution in [-0.2, 0) is 24.2 Å². The number of nitrogens with zero attached hydrogens (tertiary/aromatic N) is 3. The third kappa shape index (κ3) is 5.71. The third-order valence-corrected chi connectivity index (χ3v) is 3.83. The van der Waals surface area contributed by atoms with Gasteiger partial charge in [0.25, 0.3) is 5.89 Å². The SMILES string of the molecule is CC(=NOCc1ccc(C(F)(F)F)cc1)c1ccc(OCc2nnc(N)o2)cc1. The van der Waals surface area contributed by atoms with Crippen LogP contribution >= 0.6 is 0 Å². The average molecular weight is 406 g/mol. The summed E-state index contributed by atoms with van der Waals surface area (Å²) in [6.45, 7) is 1.90. The highest BCUT2D eigenvalue weighted by molar-refractivity contribution is 5.98. The Morgan fingerprint density at radius 1 is 1.03 bits per heavy atom. The summed E-state index contributed by atoms with van der Waals surface area (Å²) in [6, 6.07) is 11.8. The number of ether oxygens (including phenoxy) is 1. The minimum absolute atomic E-state index is 0.0259. The minimum atomic E-state index is -4.36. The Morgan fingerprint density at radius 3 is 2.31 bits per heavy atom. The molecule has 2 aromatic carbocycles. The standard InChI is InChI=1S/C19H17F3N4O3/c1-12(26-28-10-13-2-6-15(7-3-13)19(20,21)22)14-4-8-16(9-5-14)27-11-17-24-25-18(23)29-17/h2-9H,10-11H2,1H3,(H2,23,25). The topological polar surface area (TPSA) is 95.8 Å². The number of nitrogens with two attached hydrogens (primary N) is 1. The predicted octanol–water partition coefficient (Wildman–Crippen LogP) is 4.19. The third-order valence-electron chi connectivity index (χ3n) is 3.83. The Morgan fingerprint density at radius 2 is 1.72 bits per heavy atom. The van der Waals surface area contributed by atoms with Crippen molar-refractivity contribution in [3.05, 3.63) is 71.1 Å². The molecule has 1 aromatic heterocycles. The fourth-order valence-corrected chi connectivity index (χ4v) is 2.31. The summed E-state index contributed by atoms with van der Waals surface area (Å²) in [5, 5.41) is 11.2. The van der Waals surface area contributed by atoms with E-state index < -0.39 is 11.7 Å². The van der Waals surface area contributed by atoms with Gasteiger partial charge in [-0.2, -0.15) is 13.2 Å². The molecule has 2 N–H and O–H groups in total. The molecule has 152 valence electrons. The van der Waals surface area contributed by atoms with Crippen LogP contribution in [0.5, 0.6) is 5.75 Å². The maximum Gasteiger partial charge on any atom is 0.416 e. The maximum atomic E-state index is 12.6. The highest BCUT2D eigenvalue weighted by atomic mass is 19.4. The second-order valence-corrected chi connectivity index (χ2v) is 5.99. The van der Waals surface area contributed by atoms with E-state index in [-0.39, 0.29) is 25.1 Å². The zero-order valence-corrected chi connectivity index (χ0v) is 15.3. The molecule has 7 nitrogen and oxygen atoms in total. The molecule has 3 rings (SSSR count). The molecule has 0 unspecified atom stereocenters. The van der Waals surface area contributed by atoms with Gasteiger partial charge in [0.1, 0.15) is 12.4 Å². The van der Waals surface area contributed by atoms with Crippen molar-refractivity contribution in [2.45, 2.75) is 26.3 Å². The van der Waals surface area contributed by atoms with Gasteiger partial charge in [0.2, 0.25) is 0 Å². The van der Waals surface area contributed by atoms with Gasteiger partial charge in [-0.15, -0.1) is 5.10 Å². The van der Waals surface area contributed by atoms with Gasteiger partial charge >= 0.3 is 12.2 Å². The van der Waals surface area contributed by atoms with Gasteiger partial charge in [-0.05, 0) is 54.4 Å². The van der Waals surface area contributed by atoms with Crippen LogP contribution in [0.1, 0.15) is 29.5 Å². The number of anilines is 1. The molecule has 1 heterocycles. The molecule has 0 saturated carbocycles. The number of hydrogen-bond donors (Lipinski definition) is 1. The van der Waals surface area contributed by atoms with Crippen molar-refractivity contribution in [1.29, 1.82) is 0 Å². The average Bonchev–Trinajstić information content (AvgIpc) is 3.11. The van der Waals surface area contributed by atoms with Crippen LogP contribution in [0.4, 0.5) is 19.2 Å². The molecule has 0 spiro atoms. The molecule has 0 atom stereocenters. The van der Waals surface area contributed by atoms with Gasteiger partial charge < -0.3 is 19.7 Å². The van der Waals surface area contributed by atoms with E-state index in [1.165, 1.54) is 12.1 Å². The van der Waals surface area contributed by atoms with Crippen LogP contribution in [0.2, 0.25) is 0 Å². The van der Waals surface area contributed by atoms with E-state index in [1.54, 1.807) is 31.2 Å². The molecule has 0 aliphatic carbocycles. The number of nitrogen functional groups attached to an aromatic ring is 1. The zero-order chi connectivity index (χ0) is 20.9. The quantitative estimate of drug-likeness (QED) is 0.467. The molecule has 0 fully saturated rings. The van der Waals surface area contributed by atoms with Gasteiger partial charge in [-0.1, -0.05) is 22.4 Å². The number of halogens is 3. The van der Waals surface area contributed by atoms with Crippen LogP contribution in [0.15, 0.2) is 58.1 Å². The normalized spacial score (nSPS) is 12.1. The Bertz CT molecular complexity index is 968. The lowest BCUT2D eigenvalue weighted by molar-refractivity contribution is -0.137. The monoisotopic (exact) mass is 406 g/mol. The van der Waals surface area contributed by atoms with E-state index in [0.717, 1.165) is 17.7 Å². The number of benzene rings is 2. The Labute approximate surface area is 163 Å². The first-order valence-electron chi connectivity index (χ1n) is 8.45. The smallest absolute Gasteiger partial charge is 0.416 e. The molecule has 0 aliphatic rings. The van der Waals surface area contributed by atoms with E-state index in [2.05, 4.69) is 15.4 Å². The summed E-state index contributed by atoms with van der Waals surface area (Å²) in [7, 11) is 0. The largest absolute Gasteiger partial charge is 0.484 e. The maximum absolute atomic E-state index is 12.6. The van der Waals surface area contributed by atoms with E-state index >= 15 is 0 Å². The summed E-state index contributed by atoms with van der Waals surface area (Å²) >= 11 is 0. The predicted molar refractivity (Wildman–Crippen MR) is 97.9 cm³/mol. The lowest BCUT2D eigenvalue weighted by atomic mass is 10.1. The van der Waals surface area contributed by atoms with E-state index in [9.17, 15) is 13.2 Å². The molecule has 10 heteroatoms. The van der Waals surface area contributed by atoms with Crippen molar-refractivity contribution in [1.82, 2.24) is 10.2 Å². The van der Waals surface area contributed by atoms with Crippen LogP contribution < -0.4 is 10.5 Å². The first kappa shape index (κ1) is 20.2. The minimum Gasteiger partial charge on any atom is -0.484 e. The van der Waals surface area contributed by atoms with E-state index in [0.29, 0.717) is 17.0 Å². The molecule has 0 saturated heterocycles. The fourth-order valence-electron chi connectivity index (χ4n) is 2.31. The van der Waals surface area contributed by atoms with Gasteiger partial charge in [-0.25, -0.2) is 0 Å². The van der Waals surface area contributed by atoms with Crippen molar-refractivity contribution in [3.63, 3.8) is 0 Å². The summed E-state index contributed by atoms with van der Waals surface area (Å²) in [5.41, 5.74) is 6.62. The highest BCUT2D eigenvalue weighted by Crippen LogP contribution is 2.29. The van der Waals surface area contributed by atoms with Crippen LogP contribution in [0, 0.1) is 0 Å². The Balaban J connectivity index is 1.51. The molecule has 0 aliphatic heterocycles. The van der Waals surface area contributed by atoms with Gasteiger partial charge in [0.15, 0.2) is 6.61 Å². The van der Waals surface area contributed by atoms with E-state index in [1.807, 2.05) is 0 Å². The summed E-state index contributed by atoms with van der Waals surface area (Å²) in [6.07, 6.45) is -4.36. The molecule has 0 radical (unpaired) electrons. The fraction of sp³-hybridized carbons (Fsp3) is 0.211.